The van der Waals surface area contributed by atoms with E-state index in [2.05, 4.69) is 31.3 Å². The molecule has 1 N–H and O–H groups in total. The fraction of sp³-hybridized carbons (Fsp3) is 0.294. The number of rotatable bonds is 6. The van der Waals surface area contributed by atoms with Crippen LogP contribution in [0.4, 0.5) is 0 Å². The topological polar surface area (TPSA) is 12.0 Å². The number of nitrogens with one attached hydrogen (secondary N) is 1. The molecule has 0 saturated carbocycles. The molecule has 0 spiro atoms. The van der Waals surface area contributed by atoms with E-state index in [0.717, 1.165) is 32.9 Å². The third-order valence-electron chi connectivity index (χ3n) is 2.90. The van der Waals surface area contributed by atoms with E-state index in [1.807, 2.05) is 30.3 Å². The van der Waals surface area contributed by atoms with Gasteiger partial charge >= 0.3 is 0 Å². The van der Waals surface area contributed by atoms with Crippen molar-refractivity contribution in [2.24, 2.45) is 5.92 Å². The fourth-order valence-corrected chi connectivity index (χ4v) is 3.35. The van der Waals surface area contributed by atoms with Crippen LogP contribution in [-0.4, -0.2) is 6.54 Å². The lowest BCUT2D eigenvalue weighted by Crippen LogP contribution is -2.18. The highest BCUT2D eigenvalue weighted by atomic mass is 35.5. The molecule has 1 nitrogen and oxygen atoms in total. The molecule has 0 amide bonds. The van der Waals surface area contributed by atoms with E-state index in [4.69, 9.17) is 23.2 Å². The van der Waals surface area contributed by atoms with Gasteiger partial charge in [0.05, 0.1) is 5.02 Å². The maximum absolute atomic E-state index is 6.38. The number of hydrogen-bond acceptors (Lipinski definition) is 2. The van der Waals surface area contributed by atoms with Gasteiger partial charge in [-0.15, -0.1) is 0 Å². The van der Waals surface area contributed by atoms with Crippen molar-refractivity contribution in [3.8, 4) is 0 Å². The van der Waals surface area contributed by atoms with E-state index in [-0.39, 0.29) is 0 Å². The molecule has 0 radical (unpaired) electrons. The van der Waals surface area contributed by atoms with Gasteiger partial charge in [0.15, 0.2) is 0 Å². The van der Waals surface area contributed by atoms with Crippen molar-refractivity contribution in [2.75, 3.05) is 6.54 Å². The highest BCUT2D eigenvalue weighted by molar-refractivity contribution is 7.99. The van der Waals surface area contributed by atoms with E-state index in [1.165, 1.54) is 5.56 Å². The first-order chi connectivity index (χ1) is 10.0. The van der Waals surface area contributed by atoms with Gasteiger partial charge < -0.3 is 5.32 Å². The highest BCUT2D eigenvalue weighted by Crippen LogP contribution is 2.34. The first-order valence-electron chi connectivity index (χ1n) is 6.97. The van der Waals surface area contributed by atoms with E-state index < -0.39 is 0 Å². The normalized spacial score (nSPS) is 11.1. The van der Waals surface area contributed by atoms with E-state index in [9.17, 15) is 0 Å². The first kappa shape index (κ1) is 16.7. The largest absolute Gasteiger partial charge is 0.312 e. The summed E-state index contributed by atoms with van der Waals surface area (Å²) in [7, 11) is 0. The fourth-order valence-electron chi connectivity index (χ4n) is 1.90. The van der Waals surface area contributed by atoms with Gasteiger partial charge in [0.1, 0.15) is 0 Å². The Morgan fingerprint density at radius 1 is 1.10 bits per heavy atom. The highest BCUT2D eigenvalue weighted by Gasteiger charge is 2.05. The Hall–Kier alpha value is -0.670. The summed E-state index contributed by atoms with van der Waals surface area (Å²) in [6.07, 6.45) is 0. The summed E-state index contributed by atoms with van der Waals surface area (Å²) in [4.78, 5) is 2.14. The van der Waals surface area contributed by atoms with Gasteiger partial charge in [-0.2, -0.15) is 0 Å². The van der Waals surface area contributed by atoms with Gasteiger partial charge in [0.25, 0.3) is 0 Å². The summed E-state index contributed by atoms with van der Waals surface area (Å²) < 4.78 is 0. The van der Waals surface area contributed by atoms with Crippen molar-refractivity contribution >= 4 is 35.0 Å². The molecule has 2 aromatic carbocycles. The van der Waals surface area contributed by atoms with Gasteiger partial charge in [-0.3, -0.25) is 0 Å². The van der Waals surface area contributed by atoms with Crippen molar-refractivity contribution < 1.29 is 0 Å². The van der Waals surface area contributed by atoms with Gasteiger partial charge in [-0.1, -0.05) is 60.9 Å². The van der Waals surface area contributed by atoms with Crippen LogP contribution in [0.1, 0.15) is 19.4 Å². The number of halogens is 2. The summed E-state index contributed by atoms with van der Waals surface area (Å²) in [6, 6.07) is 14.0. The average Bonchev–Trinajstić information content (AvgIpc) is 2.41. The Morgan fingerprint density at radius 2 is 1.90 bits per heavy atom. The molecule has 0 bridgehead atoms. The summed E-state index contributed by atoms with van der Waals surface area (Å²) in [6.45, 7) is 6.26. The molecule has 0 aliphatic rings. The van der Waals surface area contributed by atoms with Crippen molar-refractivity contribution in [1.29, 1.82) is 0 Å². The van der Waals surface area contributed by atoms with Gasteiger partial charge in [-0.05, 0) is 48.4 Å². The second kappa shape index (κ2) is 8.09. The number of benzene rings is 2. The molecule has 0 atom stereocenters. The minimum absolute atomic E-state index is 0.651. The zero-order valence-corrected chi connectivity index (χ0v) is 14.5. The Bertz CT molecular complexity index is 599. The van der Waals surface area contributed by atoms with Crippen LogP contribution in [0.3, 0.4) is 0 Å². The molecule has 0 aliphatic carbocycles. The van der Waals surface area contributed by atoms with Crippen molar-refractivity contribution in [3.63, 3.8) is 0 Å². The maximum atomic E-state index is 6.38. The zero-order chi connectivity index (χ0) is 15.2. The Morgan fingerprint density at radius 3 is 2.57 bits per heavy atom. The third-order valence-corrected chi connectivity index (χ3v) is 4.63. The third kappa shape index (κ3) is 5.55. The van der Waals surface area contributed by atoms with Gasteiger partial charge in [0.2, 0.25) is 0 Å². The maximum Gasteiger partial charge on any atom is 0.0548 e. The predicted octanol–water partition coefficient (Wildman–Crippen LogP) is 5.89. The monoisotopic (exact) mass is 339 g/mol. The van der Waals surface area contributed by atoms with Gasteiger partial charge in [0, 0.05) is 21.4 Å². The molecule has 0 heterocycles. The van der Waals surface area contributed by atoms with Crippen LogP contribution >= 0.6 is 35.0 Å². The molecule has 21 heavy (non-hydrogen) atoms. The molecule has 2 aromatic rings. The molecule has 2 rings (SSSR count). The molecule has 112 valence electrons. The second-order valence-corrected chi connectivity index (χ2v) is 7.31. The Balaban J connectivity index is 2.02. The molecular formula is C17H19Cl2NS. The van der Waals surface area contributed by atoms with Crippen LogP contribution in [0.25, 0.3) is 0 Å². The first-order valence-corrected chi connectivity index (χ1v) is 8.54. The van der Waals surface area contributed by atoms with Crippen molar-refractivity contribution in [1.82, 2.24) is 5.32 Å². The van der Waals surface area contributed by atoms with Crippen molar-refractivity contribution in [2.45, 2.75) is 30.2 Å². The molecule has 0 aromatic heterocycles. The second-order valence-electron chi connectivity index (χ2n) is 5.35. The van der Waals surface area contributed by atoms with Crippen molar-refractivity contribution in [3.05, 3.63) is 58.1 Å². The lowest BCUT2D eigenvalue weighted by atomic mass is 10.2. The lowest BCUT2D eigenvalue weighted by molar-refractivity contribution is 0.552. The lowest BCUT2D eigenvalue weighted by Gasteiger charge is -2.10. The van der Waals surface area contributed by atoms with E-state index in [0.29, 0.717) is 5.92 Å². The Labute approximate surface area is 141 Å². The van der Waals surface area contributed by atoms with E-state index in [1.54, 1.807) is 11.8 Å². The van der Waals surface area contributed by atoms with Crippen LogP contribution in [0, 0.1) is 5.92 Å². The van der Waals surface area contributed by atoms with Crippen LogP contribution in [0.5, 0.6) is 0 Å². The minimum Gasteiger partial charge on any atom is -0.312 e. The minimum atomic E-state index is 0.651. The Kier molecular flexibility index (Phi) is 6.43. The zero-order valence-electron chi connectivity index (χ0n) is 12.2. The molecule has 0 aliphatic heterocycles. The summed E-state index contributed by atoms with van der Waals surface area (Å²) in [5.41, 5.74) is 1.20. The summed E-state index contributed by atoms with van der Waals surface area (Å²) in [5, 5.41) is 4.94. The number of hydrogen-bond donors (Lipinski definition) is 1. The summed E-state index contributed by atoms with van der Waals surface area (Å²) in [5.74, 6) is 0.651. The molecule has 0 fully saturated rings. The molecule has 0 saturated heterocycles. The van der Waals surface area contributed by atoms with E-state index >= 15 is 0 Å². The summed E-state index contributed by atoms with van der Waals surface area (Å²) >= 11 is 14.0. The van der Waals surface area contributed by atoms with Crippen LogP contribution in [0.15, 0.2) is 52.3 Å². The van der Waals surface area contributed by atoms with Crippen LogP contribution in [-0.2, 0) is 6.54 Å². The van der Waals surface area contributed by atoms with Gasteiger partial charge in [-0.25, -0.2) is 0 Å². The standard InChI is InChI=1S/C17H19Cl2NS/c1-12(2)10-20-11-13-6-7-17(16(19)8-13)21-15-5-3-4-14(18)9-15/h3-9,12,20H,10-11H2,1-2H3. The SMILES string of the molecule is CC(C)CNCc1ccc(Sc2cccc(Cl)c2)c(Cl)c1. The van der Waals surface area contributed by atoms with Crippen LogP contribution in [0.2, 0.25) is 10.0 Å². The molecule has 0 unspecified atom stereocenters. The molecular weight excluding hydrogens is 321 g/mol. The smallest absolute Gasteiger partial charge is 0.0548 e. The average molecular weight is 340 g/mol. The quantitative estimate of drug-likeness (QED) is 0.704. The van der Waals surface area contributed by atoms with Crippen LogP contribution < -0.4 is 5.32 Å². The predicted molar refractivity (Wildman–Crippen MR) is 93.6 cm³/mol. The molecule has 4 heteroatoms.